The first kappa shape index (κ1) is 12.4. The van der Waals surface area contributed by atoms with Gasteiger partial charge in [-0.2, -0.15) is 0 Å². The summed E-state index contributed by atoms with van der Waals surface area (Å²) in [4.78, 5) is 0. The lowest BCUT2D eigenvalue weighted by molar-refractivity contribution is 0.135. The van der Waals surface area contributed by atoms with E-state index in [-0.39, 0.29) is 0 Å². The van der Waals surface area contributed by atoms with Crippen molar-refractivity contribution in [1.29, 1.82) is 0 Å². The second-order valence-corrected chi connectivity index (χ2v) is 6.31. The highest BCUT2D eigenvalue weighted by atomic mass is 79.9. The molecule has 0 N–H and O–H groups in total. The number of rotatable bonds is 2. The molecule has 0 nitrogen and oxygen atoms in total. The summed E-state index contributed by atoms with van der Waals surface area (Å²) in [5.41, 5.74) is 3.01. The van der Waals surface area contributed by atoms with Crippen molar-refractivity contribution in [1.82, 2.24) is 0 Å². The van der Waals surface area contributed by atoms with Gasteiger partial charge in [-0.25, -0.2) is 0 Å². The molecule has 0 aromatic rings. The van der Waals surface area contributed by atoms with Crippen molar-refractivity contribution < 1.29 is 0 Å². The Balaban J connectivity index is 2.22. The summed E-state index contributed by atoms with van der Waals surface area (Å²) in [6, 6.07) is 0. The van der Waals surface area contributed by atoms with Crippen LogP contribution in [0.3, 0.4) is 0 Å². The Bertz CT molecular complexity index is 303. The van der Waals surface area contributed by atoms with Crippen molar-refractivity contribution >= 4 is 15.9 Å². The minimum absolute atomic E-state index is 0.732. The number of hydrogen-bond acceptors (Lipinski definition) is 0. The molecule has 0 aromatic carbocycles. The van der Waals surface area contributed by atoms with Crippen molar-refractivity contribution in [2.24, 2.45) is 23.7 Å². The van der Waals surface area contributed by atoms with Crippen molar-refractivity contribution in [2.45, 2.75) is 39.5 Å². The fraction of sp³-hybridized carbons (Fsp3) is 0.733. The van der Waals surface area contributed by atoms with E-state index in [2.05, 4.69) is 42.4 Å². The van der Waals surface area contributed by atoms with Gasteiger partial charge in [-0.15, -0.1) is 0 Å². The van der Waals surface area contributed by atoms with Gasteiger partial charge in [0.1, 0.15) is 0 Å². The van der Waals surface area contributed by atoms with Gasteiger partial charge in [-0.05, 0) is 56.3 Å². The van der Waals surface area contributed by atoms with E-state index >= 15 is 0 Å². The highest BCUT2D eigenvalue weighted by molar-refractivity contribution is 9.09. The van der Waals surface area contributed by atoms with Crippen LogP contribution in [-0.2, 0) is 0 Å². The van der Waals surface area contributed by atoms with Gasteiger partial charge < -0.3 is 0 Å². The third-order valence-corrected chi connectivity index (χ3v) is 5.39. The van der Waals surface area contributed by atoms with Crippen molar-refractivity contribution in [3.63, 3.8) is 0 Å². The van der Waals surface area contributed by atoms with Crippen molar-refractivity contribution in [3.8, 4) is 0 Å². The van der Waals surface area contributed by atoms with E-state index < -0.39 is 0 Å². The standard InChI is InChI=1S/C15H23Br/c1-10-4-6-13-11(2)5-7-14(12(3)9-16)15(13)8-10/h8,11,13-15H,3-7,9H2,1-2H3/t11-,13+,14+,15+/m1/s1. The minimum Gasteiger partial charge on any atom is -0.0987 e. The van der Waals surface area contributed by atoms with E-state index in [1.807, 2.05) is 0 Å². The molecule has 0 spiro atoms. The summed E-state index contributed by atoms with van der Waals surface area (Å²) in [7, 11) is 0. The normalized spacial score (nSPS) is 38.8. The molecule has 0 unspecified atom stereocenters. The minimum atomic E-state index is 0.732. The number of alkyl halides is 1. The van der Waals surface area contributed by atoms with E-state index in [1.165, 1.54) is 31.3 Å². The predicted octanol–water partition coefficient (Wildman–Crippen LogP) is 4.96. The zero-order valence-corrected chi connectivity index (χ0v) is 12.1. The van der Waals surface area contributed by atoms with Gasteiger partial charge in [0.25, 0.3) is 0 Å². The largest absolute Gasteiger partial charge is 0.0987 e. The van der Waals surface area contributed by atoms with Gasteiger partial charge >= 0.3 is 0 Å². The number of halogens is 1. The summed E-state index contributed by atoms with van der Waals surface area (Å²) in [6.07, 6.45) is 8.02. The Morgan fingerprint density at radius 2 is 2.19 bits per heavy atom. The number of fused-ring (bicyclic) bond motifs is 1. The zero-order valence-electron chi connectivity index (χ0n) is 10.5. The molecular formula is C15H23Br. The maximum atomic E-state index is 4.26. The van der Waals surface area contributed by atoms with E-state index in [0.29, 0.717) is 0 Å². The molecule has 0 bridgehead atoms. The third-order valence-electron chi connectivity index (χ3n) is 4.67. The Labute approximate surface area is 108 Å². The van der Waals surface area contributed by atoms with Crippen LogP contribution in [0, 0.1) is 23.7 Å². The lowest BCUT2D eigenvalue weighted by Gasteiger charge is -2.44. The molecule has 0 heterocycles. The average molecular weight is 283 g/mol. The topological polar surface area (TPSA) is 0 Å². The quantitative estimate of drug-likeness (QED) is 0.496. The highest BCUT2D eigenvalue weighted by Crippen LogP contribution is 2.47. The molecule has 2 aliphatic carbocycles. The highest BCUT2D eigenvalue weighted by Gasteiger charge is 2.38. The van der Waals surface area contributed by atoms with E-state index in [9.17, 15) is 0 Å². The molecule has 2 aliphatic rings. The smallest absolute Gasteiger partial charge is 0.0242 e. The van der Waals surface area contributed by atoms with Gasteiger partial charge in [0.05, 0.1) is 0 Å². The molecule has 4 atom stereocenters. The first-order valence-corrected chi connectivity index (χ1v) is 7.66. The summed E-state index contributed by atoms with van der Waals surface area (Å²) < 4.78 is 0. The molecule has 0 aliphatic heterocycles. The third kappa shape index (κ3) is 2.30. The Morgan fingerprint density at radius 1 is 1.44 bits per heavy atom. The van der Waals surface area contributed by atoms with Crippen LogP contribution >= 0.6 is 15.9 Å². The van der Waals surface area contributed by atoms with Crippen LogP contribution in [0.15, 0.2) is 23.8 Å². The predicted molar refractivity (Wildman–Crippen MR) is 74.8 cm³/mol. The fourth-order valence-electron chi connectivity index (χ4n) is 3.63. The molecule has 16 heavy (non-hydrogen) atoms. The molecule has 0 aromatic heterocycles. The lowest BCUT2D eigenvalue weighted by Crippen LogP contribution is -2.35. The van der Waals surface area contributed by atoms with Crippen LogP contribution in [-0.4, -0.2) is 5.33 Å². The molecule has 0 saturated heterocycles. The average Bonchev–Trinajstić information content (AvgIpc) is 2.28. The lowest BCUT2D eigenvalue weighted by atomic mass is 9.61. The first-order chi connectivity index (χ1) is 7.63. The molecule has 1 heteroatoms. The molecule has 0 radical (unpaired) electrons. The maximum Gasteiger partial charge on any atom is 0.0242 e. The Hall–Kier alpha value is -0.0400. The second kappa shape index (κ2) is 5.08. The number of allylic oxidation sites excluding steroid dienone is 3. The summed E-state index contributed by atoms with van der Waals surface area (Å²) >= 11 is 3.58. The molecule has 0 amide bonds. The van der Waals surface area contributed by atoms with Crippen molar-refractivity contribution in [3.05, 3.63) is 23.8 Å². The summed E-state index contributed by atoms with van der Waals surface area (Å²) in [5, 5.41) is 0.974. The van der Waals surface area contributed by atoms with E-state index in [1.54, 1.807) is 5.57 Å². The van der Waals surface area contributed by atoms with Gasteiger partial charge in [0, 0.05) is 5.33 Å². The molecule has 2 rings (SSSR count). The van der Waals surface area contributed by atoms with Crippen LogP contribution in [0.1, 0.15) is 39.5 Å². The molecular weight excluding hydrogens is 260 g/mol. The van der Waals surface area contributed by atoms with Crippen LogP contribution in [0.2, 0.25) is 0 Å². The molecule has 90 valence electrons. The zero-order chi connectivity index (χ0) is 11.7. The molecule has 1 saturated carbocycles. The van der Waals surface area contributed by atoms with Gasteiger partial charge in [-0.1, -0.05) is 46.7 Å². The fourth-order valence-corrected chi connectivity index (χ4v) is 4.04. The SMILES string of the molecule is C=C(CBr)[C@@H]1CC[C@@H](C)[C@@H]2CCC(C)=C[C@@H]21. The van der Waals surface area contributed by atoms with E-state index in [0.717, 1.165) is 29.0 Å². The maximum absolute atomic E-state index is 4.26. The first-order valence-electron chi connectivity index (χ1n) is 6.54. The van der Waals surface area contributed by atoms with Crippen LogP contribution < -0.4 is 0 Å². The van der Waals surface area contributed by atoms with Crippen LogP contribution in [0.5, 0.6) is 0 Å². The van der Waals surface area contributed by atoms with Gasteiger partial charge in [0.2, 0.25) is 0 Å². The van der Waals surface area contributed by atoms with Gasteiger partial charge in [0.15, 0.2) is 0 Å². The van der Waals surface area contributed by atoms with Gasteiger partial charge in [-0.3, -0.25) is 0 Å². The van der Waals surface area contributed by atoms with Crippen molar-refractivity contribution in [2.75, 3.05) is 5.33 Å². The number of hydrogen-bond donors (Lipinski definition) is 0. The molecule has 1 fully saturated rings. The second-order valence-electron chi connectivity index (χ2n) is 5.75. The summed E-state index contributed by atoms with van der Waals surface area (Å²) in [5.74, 6) is 3.34. The van der Waals surface area contributed by atoms with Crippen LogP contribution in [0.25, 0.3) is 0 Å². The summed E-state index contributed by atoms with van der Waals surface area (Å²) in [6.45, 7) is 9.00. The Morgan fingerprint density at radius 3 is 2.88 bits per heavy atom. The van der Waals surface area contributed by atoms with Crippen LogP contribution in [0.4, 0.5) is 0 Å². The monoisotopic (exact) mass is 282 g/mol. The Kier molecular flexibility index (Phi) is 3.94. The van der Waals surface area contributed by atoms with E-state index in [4.69, 9.17) is 0 Å².